The maximum absolute atomic E-state index is 13.9. The SMILES string of the molecule is COc1ccnc(CN2CCc3c(cc(Cn4ccnc4C)cc3-c3cn(C)nc3C(F)(F)F)C2=O)c1. The van der Waals surface area contributed by atoms with Crippen LogP contribution in [0.2, 0.25) is 0 Å². The van der Waals surface area contributed by atoms with E-state index in [0.29, 0.717) is 53.2 Å². The molecular weight excluding hydrogens is 485 g/mol. The van der Waals surface area contributed by atoms with Crippen LogP contribution in [0.15, 0.2) is 49.1 Å². The molecule has 0 spiro atoms. The van der Waals surface area contributed by atoms with Gasteiger partial charge >= 0.3 is 6.18 Å². The molecule has 1 amide bonds. The lowest BCUT2D eigenvalue weighted by atomic mass is 9.88. The van der Waals surface area contributed by atoms with Gasteiger partial charge in [-0.15, -0.1) is 0 Å². The molecule has 192 valence electrons. The van der Waals surface area contributed by atoms with Crippen LogP contribution in [0.25, 0.3) is 11.1 Å². The molecule has 1 aliphatic heterocycles. The first kappa shape index (κ1) is 24.5. The summed E-state index contributed by atoms with van der Waals surface area (Å²) < 4.78 is 50.0. The highest BCUT2D eigenvalue weighted by atomic mass is 19.4. The van der Waals surface area contributed by atoms with Crippen LogP contribution >= 0.6 is 0 Å². The van der Waals surface area contributed by atoms with Crippen molar-refractivity contribution < 1.29 is 22.7 Å². The van der Waals surface area contributed by atoms with Crippen molar-refractivity contribution in [2.75, 3.05) is 13.7 Å². The highest BCUT2D eigenvalue weighted by molar-refractivity contribution is 5.99. The Morgan fingerprint density at radius 1 is 1.05 bits per heavy atom. The molecule has 0 aliphatic carbocycles. The molecule has 4 aromatic rings. The van der Waals surface area contributed by atoms with Crippen molar-refractivity contribution in [2.24, 2.45) is 7.05 Å². The Kier molecular flexibility index (Phi) is 6.22. The molecule has 0 fully saturated rings. The van der Waals surface area contributed by atoms with Gasteiger partial charge in [0.25, 0.3) is 5.91 Å². The Morgan fingerprint density at radius 2 is 1.84 bits per heavy atom. The number of alkyl halides is 3. The van der Waals surface area contributed by atoms with Crippen LogP contribution in [0.4, 0.5) is 13.2 Å². The zero-order valence-corrected chi connectivity index (χ0v) is 20.6. The molecule has 0 bridgehead atoms. The smallest absolute Gasteiger partial charge is 0.435 e. The molecule has 1 aliphatic rings. The van der Waals surface area contributed by atoms with E-state index in [1.807, 2.05) is 11.5 Å². The summed E-state index contributed by atoms with van der Waals surface area (Å²) in [5.74, 6) is 1.13. The van der Waals surface area contributed by atoms with Gasteiger partial charge in [0.15, 0.2) is 5.69 Å². The Labute approximate surface area is 211 Å². The molecule has 0 N–H and O–H groups in total. The molecule has 3 aromatic heterocycles. The summed E-state index contributed by atoms with van der Waals surface area (Å²) in [6.45, 7) is 2.81. The Morgan fingerprint density at radius 3 is 2.54 bits per heavy atom. The maximum Gasteiger partial charge on any atom is 0.435 e. The fourth-order valence-electron chi connectivity index (χ4n) is 4.72. The van der Waals surface area contributed by atoms with Crippen molar-refractivity contribution >= 4 is 5.91 Å². The summed E-state index contributed by atoms with van der Waals surface area (Å²) in [5.41, 5.74) is 1.70. The number of hydrogen-bond acceptors (Lipinski definition) is 5. The highest BCUT2D eigenvalue weighted by Gasteiger charge is 2.39. The quantitative estimate of drug-likeness (QED) is 0.387. The number of carbonyl (C=O) groups excluding carboxylic acids is 1. The summed E-state index contributed by atoms with van der Waals surface area (Å²) in [5, 5.41) is 3.69. The van der Waals surface area contributed by atoms with Gasteiger partial charge in [0, 0.05) is 62.1 Å². The van der Waals surface area contributed by atoms with Crippen molar-refractivity contribution in [3.05, 3.63) is 83.0 Å². The molecule has 0 atom stereocenters. The number of carbonyl (C=O) groups is 1. The van der Waals surface area contributed by atoms with E-state index in [0.717, 1.165) is 10.5 Å². The predicted molar refractivity (Wildman–Crippen MR) is 129 cm³/mol. The number of methoxy groups -OCH3 is 1. The van der Waals surface area contributed by atoms with Crippen LogP contribution < -0.4 is 4.74 Å². The van der Waals surface area contributed by atoms with E-state index in [4.69, 9.17) is 4.74 Å². The third-order valence-corrected chi connectivity index (χ3v) is 6.50. The lowest BCUT2D eigenvalue weighted by Crippen LogP contribution is -2.37. The lowest BCUT2D eigenvalue weighted by Gasteiger charge is -2.30. The molecule has 8 nitrogen and oxygen atoms in total. The number of pyridine rings is 1. The van der Waals surface area contributed by atoms with Gasteiger partial charge in [-0.25, -0.2) is 4.98 Å². The molecule has 4 heterocycles. The van der Waals surface area contributed by atoms with E-state index >= 15 is 0 Å². The fourth-order valence-corrected chi connectivity index (χ4v) is 4.72. The Bertz CT molecular complexity index is 1470. The van der Waals surface area contributed by atoms with Crippen molar-refractivity contribution in [3.63, 3.8) is 0 Å². The summed E-state index contributed by atoms with van der Waals surface area (Å²) >= 11 is 0. The highest BCUT2D eigenvalue weighted by Crippen LogP contribution is 2.40. The van der Waals surface area contributed by atoms with Crippen LogP contribution in [0, 0.1) is 6.92 Å². The van der Waals surface area contributed by atoms with Crippen LogP contribution in [0.3, 0.4) is 0 Å². The first-order valence-electron chi connectivity index (χ1n) is 11.7. The number of nitrogens with zero attached hydrogens (tertiary/aromatic N) is 6. The second kappa shape index (κ2) is 9.38. The monoisotopic (exact) mass is 510 g/mol. The molecule has 11 heteroatoms. The van der Waals surface area contributed by atoms with Gasteiger partial charge in [-0.05, 0) is 48.2 Å². The number of benzene rings is 1. The predicted octanol–water partition coefficient (Wildman–Crippen LogP) is 4.26. The van der Waals surface area contributed by atoms with Crippen LogP contribution in [0.1, 0.15) is 38.7 Å². The number of imidazole rings is 1. The number of ether oxygens (including phenoxy) is 1. The van der Waals surface area contributed by atoms with E-state index in [1.54, 1.807) is 54.9 Å². The number of halogens is 3. The van der Waals surface area contributed by atoms with Gasteiger partial charge in [0.05, 0.1) is 19.3 Å². The normalized spacial score (nSPS) is 13.7. The molecule has 1 aromatic carbocycles. The zero-order valence-electron chi connectivity index (χ0n) is 20.6. The molecule has 0 saturated carbocycles. The van der Waals surface area contributed by atoms with Gasteiger partial charge in [-0.1, -0.05) is 0 Å². The summed E-state index contributed by atoms with van der Waals surface area (Å²) in [6.07, 6.45) is 2.19. The van der Waals surface area contributed by atoms with Gasteiger partial charge in [-0.2, -0.15) is 18.3 Å². The van der Waals surface area contributed by atoms with Crippen LogP contribution in [-0.2, 0) is 32.7 Å². The molecule has 0 unspecified atom stereocenters. The second-order valence-corrected chi connectivity index (χ2v) is 9.00. The number of fused-ring (bicyclic) bond motifs is 1. The van der Waals surface area contributed by atoms with Gasteiger partial charge in [0.2, 0.25) is 0 Å². The molecule has 37 heavy (non-hydrogen) atoms. The summed E-state index contributed by atoms with van der Waals surface area (Å²) in [4.78, 5) is 23.9. The molecular formula is C26H25F3N6O2. The van der Waals surface area contributed by atoms with Crippen molar-refractivity contribution in [3.8, 4) is 16.9 Å². The molecule has 0 radical (unpaired) electrons. The largest absolute Gasteiger partial charge is 0.497 e. The average Bonchev–Trinajstić information content (AvgIpc) is 3.46. The summed E-state index contributed by atoms with van der Waals surface area (Å²) in [6, 6.07) is 6.99. The molecule has 5 rings (SSSR count). The lowest BCUT2D eigenvalue weighted by molar-refractivity contribution is -0.140. The Balaban J connectivity index is 1.60. The van der Waals surface area contributed by atoms with Crippen molar-refractivity contribution in [2.45, 2.75) is 32.6 Å². The van der Waals surface area contributed by atoms with Crippen molar-refractivity contribution in [1.29, 1.82) is 0 Å². The second-order valence-electron chi connectivity index (χ2n) is 9.00. The standard InChI is InChI=1S/C26H25F3N6O2/c1-16-30-7-9-34(16)13-17-10-21(23-15-33(2)32-24(23)26(27,28)29)20-5-8-35(25(36)22(20)11-17)14-18-12-19(37-3)4-6-31-18/h4,6-7,9-12,15H,5,8,13-14H2,1-3H3. The van der Waals surface area contributed by atoms with Gasteiger partial charge < -0.3 is 14.2 Å². The number of aryl methyl sites for hydroxylation is 2. The van der Waals surface area contributed by atoms with Gasteiger partial charge in [-0.3, -0.25) is 14.5 Å². The number of aromatic nitrogens is 5. The third kappa shape index (κ3) is 4.81. The minimum Gasteiger partial charge on any atom is -0.497 e. The van der Waals surface area contributed by atoms with E-state index in [-0.39, 0.29) is 18.0 Å². The first-order chi connectivity index (χ1) is 17.6. The number of amides is 1. The minimum absolute atomic E-state index is 0.0360. The zero-order chi connectivity index (χ0) is 26.3. The maximum atomic E-state index is 13.9. The summed E-state index contributed by atoms with van der Waals surface area (Å²) in [7, 11) is 3.01. The van der Waals surface area contributed by atoms with Gasteiger partial charge in [0.1, 0.15) is 11.6 Å². The van der Waals surface area contributed by atoms with Crippen LogP contribution in [-0.4, -0.2) is 48.8 Å². The van der Waals surface area contributed by atoms with E-state index in [9.17, 15) is 18.0 Å². The first-order valence-corrected chi connectivity index (χ1v) is 11.7. The average molecular weight is 511 g/mol. The van der Waals surface area contributed by atoms with Crippen molar-refractivity contribution in [1.82, 2.24) is 29.2 Å². The topological polar surface area (TPSA) is 78.1 Å². The molecule has 0 saturated heterocycles. The van der Waals surface area contributed by atoms with Crippen LogP contribution in [0.5, 0.6) is 5.75 Å². The van der Waals surface area contributed by atoms with E-state index in [2.05, 4.69) is 15.1 Å². The van der Waals surface area contributed by atoms with E-state index < -0.39 is 11.9 Å². The fraction of sp³-hybridized carbons (Fsp3) is 0.308. The number of hydrogen-bond donors (Lipinski definition) is 0. The third-order valence-electron chi connectivity index (χ3n) is 6.50. The Hall–Kier alpha value is -4.15. The minimum atomic E-state index is -4.64. The van der Waals surface area contributed by atoms with E-state index in [1.165, 1.54) is 13.2 Å². The number of rotatable bonds is 6.